The lowest BCUT2D eigenvalue weighted by atomic mass is 9.99. The van der Waals surface area contributed by atoms with Crippen molar-refractivity contribution in [3.8, 4) is 0 Å². The largest absolute Gasteiger partial charge is 0.309 e. The van der Waals surface area contributed by atoms with Gasteiger partial charge in [-0.3, -0.25) is 0 Å². The summed E-state index contributed by atoms with van der Waals surface area (Å²) in [5.74, 6) is 0. The van der Waals surface area contributed by atoms with Gasteiger partial charge >= 0.3 is 0 Å². The summed E-state index contributed by atoms with van der Waals surface area (Å²) in [6, 6.07) is 11.3. The molecule has 0 fully saturated rings. The zero-order valence-electron chi connectivity index (χ0n) is 10.3. The summed E-state index contributed by atoms with van der Waals surface area (Å²) in [6.45, 7) is 4.37. The predicted octanol–water partition coefficient (Wildman–Crippen LogP) is 4.28. The Morgan fingerprint density at radius 3 is 2.29 bits per heavy atom. The van der Waals surface area contributed by atoms with E-state index in [2.05, 4.69) is 72.1 Å². The van der Waals surface area contributed by atoms with Gasteiger partial charge in [-0.15, -0.1) is 11.3 Å². The molecule has 2 rings (SSSR count). The summed E-state index contributed by atoms with van der Waals surface area (Å²) < 4.78 is 1.28. The smallest absolute Gasteiger partial charge is 0.0585 e. The first-order valence-corrected chi connectivity index (χ1v) is 7.51. The van der Waals surface area contributed by atoms with E-state index in [9.17, 15) is 0 Å². The molecule has 1 atom stereocenters. The summed E-state index contributed by atoms with van der Waals surface area (Å²) in [6.07, 6.45) is 0. The van der Waals surface area contributed by atoms with E-state index in [0.717, 1.165) is 0 Å². The fourth-order valence-electron chi connectivity index (χ4n) is 2.09. The lowest BCUT2D eigenvalue weighted by molar-refractivity contribution is 0.690. The molecule has 0 aliphatic heterocycles. The molecule has 0 spiro atoms. The zero-order chi connectivity index (χ0) is 12.4. The van der Waals surface area contributed by atoms with Crippen LogP contribution in [0.4, 0.5) is 0 Å². The van der Waals surface area contributed by atoms with Crippen LogP contribution in [0.5, 0.6) is 0 Å². The Hall–Kier alpha value is -0.390. The highest BCUT2D eigenvalue weighted by molar-refractivity contribution is 14.1. The monoisotopic (exact) mass is 357 g/mol. The fourth-order valence-corrected chi connectivity index (χ4v) is 3.42. The number of rotatable bonds is 3. The second-order valence-electron chi connectivity index (χ2n) is 4.14. The molecule has 1 N–H and O–H groups in total. The van der Waals surface area contributed by atoms with Crippen molar-refractivity contribution in [1.29, 1.82) is 0 Å². The summed E-state index contributed by atoms with van der Waals surface area (Å²) in [5, 5.41) is 3.41. The maximum atomic E-state index is 3.41. The number of thiophene rings is 1. The van der Waals surface area contributed by atoms with Crippen LogP contribution in [0, 0.1) is 17.4 Å². The molecule has 90 valence electrons. The lowest BCUT2D eigenvalue weighted by Gasteiger charge is -2.17. The first kappa shape index (κ1) is 13.1. The molecule has 3 heteroatoms. The molecular weight excluding hydrogens is 341 g/mol. The third-order valence-electron chi connectivity index (χ3n) is 2.88. The Balaban J connectivity index is 2.39. The van der Waals surface area contributed by atoms with Crippen molar-refractivity contribution >= 4 is 33.9 Å². The number of benzene rings is 1. The number of aryl methyl sites for hydroxylation is 2. The van der Waals surface area contributed by atoms with Crippen LogP contribution in [-0.4, -0.2) is 7.05 Å². The van der Waals surface area contributed by atoms with E-state index in [1.54, 1.807) is 0 Å². The molecule has 0 aliphatic carbocycles. The molecule has 0 saturated heterocycles. The molecule has 1 nitrogen and oxygen atoms in total. The van der Waals surface area contributed by atoms with Gasteiger partial charge in [0.2, 0.25) is 0 Å². The normalized spacial score (nSPS) is 12.7. The Labute approximate surface area is 120 Å². The number of halogens is 1. The van der Waals surface area contributed by atoms with E-state index >= 15 is 0 Å². The van der Waals surface area contributed by atoms with Gasteiger partial charge in [-0.05, 0) is 72.8 Å². The van der Waals surface area contributed by atoms with Crippen LogP contribution in [0.15, 0.2) is 30.3 Å². The van der Waals surface area contributed by atoms with Crippen molar-refractivity contribution in [2.24, 2.45) is 0 Å². The van der Waals surface area contributed by atoms with Crippen LogP contribution in [0.2, 0.25) is 0 Å². The lowest BCUT2D eigenvalue weighted by Crippen LogP contribution is -2.17. The van der Waals surface area contributed by atoms with Gasteiger partial charge in [-0.2, -0.15) is 0 Å². The molecule has 1 aromatic heterocycles. The van der Waals surface area contributed by atoms with Gasteiger partial charge in [0, 0.05) is 13.3 Å². The molecular formula is C14H16INS. The Kier molecular flexibility index (Phi) is 4.22. The maximum Gasteiger partial charge on any atom is 0.0585 e. The second-order valence-corrected chi connectivity index (χ2v) is 6.85. The Bertz CT molecular complexity index is 501. The SMILES string of the molecule is CNC(c1ccc(I)cc1)c1cc(C)sc1C. The van der Waals surface area contributed by atoms with Gasteiger partial charge < -0.3 is 5.32 Å². The van der Waals surface area contributed by atoms with Crippen molar-refractivity contribution in [2.75, 3.05) is 7.05 Å². The van der Waals surface area contributed by atoms with Crippen molar-refractivity contribution in [2.45, 2.75) is 19.9 Å². The Morgan fingerprint density at radius 2 is 1.82 bits per heavy atom. The van der Waals surface area contributed by atoms with Crippen LogP contribution in [0.25, 0.3) is 0 Å². The summed E-state index contributed by atoms with van der Waals surface area (Å²) in [7, 11) is 2.02. The van der Waals surface area contributed by atoms with Crippen LogP contribution in [0.1, 0.15) is 26.9 Å². The van der Waals surface area contributed by atoms with Gasteiger partial charge in [0.05, 0.1) is 6.04 Å². The van der Waals surface area contributed by atoms with E-state index in [4.69, 9.17) is 0 Å². The van der Waals surface area contributed by atoms with Gasteiger partial charge in [0.1, 0.15) is 0 Å². The zero-order valence-corrected chi connectivity index (χ0v) is 13.2. The highest BCUT2D eigenvalue weighted by Gasteiger charge is 2.15. The van der Waals surface area contributed by atoms with Crippen LogP contribution >= 0.6 is 33.9 Å². The molecule has 1 unspecified atom stereocenters. The highest BCUT2D eigenvalue weighted by Crippen LogP contribution is 2.30. The molecule has 0 saturated carbocycles. The van der Waals surface area contributed by atoms with E-state index in [0.29, 0.717) is 6.04 Å². The molecule has 0 aliphatic rings. The maximum absolute atomic E-state index is 3.41. The van der Waals surface area contributed by atoms with Gasteiger partial charge in [0.25, 0.3) is 0 Å². The molecule has 2 aromatic rings. The van der Waals surface area contributed by atoms with Gasteiger partial charge in [0.15, 0.2) is 0 Å². The topological polar surface area (TPSA) is 12.0 Å². The molecule has 1 heterocycles. The Morgan fingerprint density at radius 1 is 1.18 bits per heavy atom. The van der Waals surface area contributed by atoms with Crippen LogP contribution < -0.4 is 5.32 Å². The third-order valence-corrected chi connectivity index (χ3v) is 4.58. The fraction of sp³-hybridized carbons (Fsp3) is 0.286. The average molecular weight is 357 g/mol. The summed E-state index contributed by atoms with van der Waals surface area (Å²) >= 11 is 4.21. The van der Waals surface area contributed by atoms with Crippen LogP contribution in [0.3, 0.4) is 0 Å². The predicted molar refractivity (Wildman–Crippen MR) is 83.9 cm³/mol. The van der Waals surface area contributed by atoms with Crippen LogP contribution in [-0.2, 0) is 0 Å². The minimum atomic E-state index is 0.303. The van der Waals surface area contributed by atoms with Gasteiger partial charge in [-0.1, -0.05) is 12.1 Å². The van der Waals surface area contributed by atoms with Crippen molar-refractivity contribution in [3.05, 3.63) is 54.8 Å². The van der Waals surface area contributed by atoms with Crippen molar-refractivity contribution in [1.82, 2.24) is 5.32 Å². The third kappa shape index (κ3) is 2.89. The summed E-state index contributed by atoms with van der Waals surface area (Å²) in [5.41, 5.74) is 2.73. The second kappa shape index (κ2) is 5.50. The minimum absolute atomic E-state index is 0.303. The number of nitrogens with one attached hydrogen (secondary N) is 1. The van der Waals surface area contributed by atoms with Crippen molar-refractivity contribution < 1.29 is 0 Å². The van der Waals surface area contributed by atoms with E-state index in [1.165, 1.54) is 24.5 Å². The summed E-state index contributed by atoms with van der Waals surface area (Å²) in [4.78, 5) is 2.78. The molecule has 0 bridgehead atoms. The molecule has 0 amide bonds. The molecule has 0 radical (unpaired) electrons. The van der Waals surface area contributed by atoms with Gasteiger partial charge in [-0.25, -0.2) is 0 Å². The van der Waals surface area contributed by atoms with E-state index in [-0.39, 0.29) is 0 Å². The first-order chi connectivity index (χ1) is 8.11. The van der Waals surface area contributed by atoms with Crippen molar-refractivity contribution in [3.63, 3.8) is 0 Å². The molecule has 1 aromatic carbocycles. The molecule has 17 heavy (non-hydrogen) atoms. The first-order valence-electron chi connectivity index (χ1n) is 5.61. The highest BCUT2D eigenvalue weighted by atomic mass is 127. The number of hydrogen-bond acceptors (Lipinski definition) is 2. The quantitative estimate of drug-likeness (QED) is 0.809. The van der Waals surface area contributed by atoms with E-state index < -0.39 is 0 Å². The average Bonchev–Trinajstić information content (AvgIpc) is 2.62. The standard InChI is InChI=1S/C14H16INS/c1-9-8-13(10(2)17-9)14(16-3)11-4-6-12(15)7-5-11/h4-8,14,16H,1-3H3. The number of hydrogen-bond donors (Lipinski definition) is 1. The minimum Gasteiger partial charge on any atom is -0.309 e. The van der Waals surface area contributed by atoms with E-state index in [1.807, 2.05) is 18.4 Å².